The quantitative estimate of drug-likeness (QED) is 0.156. The monoisotopic (exact) mass is 484 g/mol. The minimum Gasteiger partial charge on any atom is -0.407 e. The first-order chi connectivity index (χ1) is 16.9. The highest BCUT2D eigenvalue weighted by atomic mass is 28.4. The van der Waals surface area contributed by atoms with Crippen LogP contribution in [0.25, 0.3) is 0 Å². The van der Waals surface area contributed by atoms with Crippen molar-refractivity contribution >= 4 is 24.5 Å². The molecule has 4 heteroatoms. The van der Waals surface area contributed by atoms with Gasteiger partial charge in [-0.1, -0.05) is 118 Å². The van der Waals surface area contributed by atoms with Crippen molar-refractivity contribution < 1.29 is 14.0 Å². The van der Waals surface area contributed by atoms with Crippen molar-refractivity contribution in [1.29, 1.82) is 0 Å². The number of hydrogen-bond acceptors (Lipinski definition) is 3. The van der Waals surface area contributed by atoms with E-state index in [0.717, 1.165) is 18.4 Å². The molecule has 0 heterocycles. The number of benzene rings is 3. The van der Waals surface area contributed by atoms with Crippen LogP contribution in [0, 0.1) is 11.8 Å². The molecule has 0 amide bonds. The van der Waals surface area contributed by atoms with Crippen LogP contribution in [0.1, 0.15) is 45.6 Å². The van der Waals surface area contributed by atoms with Gasteiger partial charge < -0.3 is 9.16 Å². The molecule has 182 valence electrons. The van der Waals surface area contributed by atoms with Gasteiger partial charge >= 0.3 is 0 Å². The van der Waals surface area contributed by atoms with E-state index in [1.54, 1.807) is 0 Å². The summed E-state index contributed by atoms with van der Waals surface area (Å²) in [6.45, 7) is 7.98. The number of carbonyl (C=O) groups excluding carboxylic acids is 1. The van der Waals surface area contributed by atoms with Gasteiger partial charge in [-0.25, -0.2) is 0 Å². The lowest BCUT2D eigenvalue weighted by atomic mass is 10.2. The van der Waals surface area contributed by atoms with E-state index in [-0.39, 0.29) is 17.4 Å². The molecule has 0 saturated heterocycles. The topological polar surface area (TPSA) is 35.5 Å². The van der Waals surface area contributed by atoms with Crippen molar-refractivity contribution in [2.45, 2.75) is 51.7 Å². The number of carbonyl (C=O) groups is 1. The van der Waals surface area contributed by atoms with Crippen molar-refractivity contribution in [2.24, 2.45) is 0 Å². The second-order valence-electron chi connectivity index (χ2n) is 9.67. The van der Waals surface area contributed by atoms with Crippen molar-refractivity contribution in [1.82, 2.24) is 0 Å². The van der Waals surface area contributed by atoms with Crippen LogP contribution >= 0.6 is 0 Å². The van der Waals surface area contributed by atoms with Gasteiger partial charge in [0.25, 0.3) is 8.32 Å². The van der Waals surface area contributed by atoms with Gasteiger partial charge in [-0.05, 0) is 39.7 Å². The highest BCUT2D eigenvalue weighted by Gasteiger charge is 2.49. The van der Waals surface area contributed by atoms with E-state index in [9.17, 15) is 4.79 Å². The molecular formula is C31H36O3Si. The largest absolute Gasteiger partial charge is 0.407 e. The van der Waals surface area contributed by atoms with Gasteiger partial charge in [-0.3, -0.25) is 4.79 Å². The Balaban J connectivity index is 1.52. The number of unbranched alkanes of at least 4 members (excludes halogenated alkanes) is 2. The Labute approximate surface area is 211 Å². The number of ether oxygens (including phenoxy) is 1. The molecule has 3 aromatic carbocycles. The SMILES string of the molecule is CC(C)(C)[Si](OCCCCC#CC(=O)COCc1ccccc1)(c1ccccc1)c1ccccc1. The lowest BCUT2D eigenvalue weighted by Gasteiger charge is -2.43. The third-order valence-electron chi connectivity index (χ3n) is 6.00. The fourth-order valence-electron chi connectivity index (χ4n) is 4.34. The molecule has 0 saturated carbocycles. The molecule has 0 radical (unpaired) electrons. The van der Waals surface area contributed by atoms with Crippen LogP contribution in [0.15, 0.2) is 91.0 Å². The highest BCUT2D eigenvalue weighted by molar-refractivity contribution is 6.99. The molecule has 0 aromatic heterocycles. The third kappa shape index (κ3) is 7.50. The van der Waals surface area contributed by atoms with Crippen LogP contribution < -0.4 is 10.4 Å². The summed E-state index contributed by atoms with van der Waals surface area (Å²) in [6, 6.07) is 31.2. The average Bonchev–Trinajstić information content (AvgIpc) is 2.87. The van der Waals surface area contributed by atoms with E-state index in [1.807, 2.05) is 30.3 Å². The molecule has 0 N–H and O–H groups in total. The maximum absolute atomic E-state index is 12.0. The predicted molar refractivity (Wildman–Crippen MR) is 146 cm³/mol. The molecule has 0 aliphatic rings. The Hall–Kier alpha value is -2.97. The van der Waals surface area contributed by atoms with Gasteiger partial charge in [-0.2, -0.15) is 0 Å². The highest BCUT2D eigenvalue weighted by Crippen LogP contribution is 2.36. The van der Waals surface area contributed by atoms with Crippen LogP contribution in [-0.4, -0.2) is 27.3 Å². The minimum atomic E-state index is -2.49. The van der Waals surface area contributed by atoms with E-state index in [2.05, 4.69) is 93.3 Å². The Kier molecular flexibility index (Phi) is 10.0. The normalized spacial score (nSPS) is 11.5. The summed E-state index contributed by atoms with van der Waals surface area (Å²) < 4.78 is 12.4. The first-order valence-electron chi connectivity index (χ1n) is 12.3. The predicted octanol–water partition coefficient (Wildman–Crippen LogP) is 5.52. The van der Waals surface area contributed by atoms with Gasteiger partial charge in [0.1, 0.15) is 6.61 Å². The zero-order valence-corrected chi connectivity index (χ0v) is 22.1. The van der Waals surface area contributed by atoms with Gasteiger partial charge in [0.05, 0.1) is 6.61 Å². The van der Waals surface area contributed by atoms with Crippen LogP contribution in [0.4, 0.5) is 0 Å². The molecule has 3 rings (SSSR count). The third-order valence-corrected chi connectivity index (χ3v) is 11.0. The summed E-state index contributed by atoms with van der Waals surface area (Å²) in [5, 5.41) is 2.56. The standard InChI is InChI=1S/C31H36O3Si/c1-31(2,3)35(29-20-12-7-13-21-29,30-22-14-8-15-23-30)34-24-16-5-4-11-19-28(32)26-33-25-27-17-9-6-10-18-27/h6-10,12-15,17-18,20-23H,4-5,16,24-26H2,1-3H3. The van der Waals surface area contributed by atoms with Crippen LogP contribution in [0.5, 0.6) is 0 Å². The average molecular weight is 485 g/mol. The second kappa shape index (κ2) is 13.2. The lowest BCUT2D eigenvalue weighted by molar-refractivity contribution is -0.118. The molecular weight excluding hydrogens is 448 g/mol. The summed E-state index contributed by atoms with van der Waals surface area (Å²) in [5.41, 5.74) is 1.05. The Morgan fingerprint density at radius 1 is 0.800 bits per heavy atom. The molecule has 0 fully saturated rings. The number of Topliss-reactive ketones (excluding diaryl/α,β-unsaturated/α-hetero) is 1. The van der Waals surface area contributed by atoms with Gasteiger partial charge in [0.15, 0.2) is 0 Å². The fourth-order valence-corrected chi connectivity index (χ4v) is 8.94. The van der Waals surface area contributed by atoms with Crippen molar-refractivity contribution in [3.8, 4) is 11.8 Å². The molecule has 0 atom stereocenters. The van der Waals surface area contributed by atoms with Crippen molar-refractivity contribution in [3.05, 3.63) is 96.6 Å². The Bertz CT molecular complexity index is 1050. The summed E-state index contributed by atoms with van der Waals surface area (Å²) in [7, 11) is -2.49. The molecule has 0 unspecified atom stereocenters. The fraction of sp³-hybridized carbons (Fsp3) is 0.323. The lowest BCUT2D eigenvalue weighted by Crippen LogP contribution is -2.66. The van der Waals surface area contributed by atoms with E-state index in [4.69, 9.17) is 9.16 Å². The van der Waals surface area contributed by atoms with E-state index >= 15 is 0 Å². The Morgan fingerprint density at radius 3 is 1.89 bits per heavy atom. The Morgan fingerprint density at radius 2 is 1.34 bits per heavy atom. The zero-order chi connectivity index (χ0) is 25.0. The maximum Gasteiger partial charge on any atom is 0.261 e. The van der Waals surface area contributed by atoms with E-state index in [0.29, 0.717) is 19.6 Å². The molecule has 35 heavy (non-hydrogen) atoms. The maximum atomic E-state index is 12.0. The molecule has 0 spiro atoms. The zero-order valence-electron chi connectivity index (χ0n) is 21.1. The van der Waals surface area contributed by atoms with Crippen molar-refractivity contribution in [2.75, 3.05) is 13.2 Å². The van der Waals surface area contributed by atoms with E-state index < -0.39 is 8.32 Å². The van der Waals surface area contributed by atoms with Gasteiger partial charge in [-0.15, -0.1) is 0 Å². The first kappa shape index (κ1) is 26.6. The summed E-state index contributed by atoms with van der Waals surface area (Å²) in [6.07, 6.45) is 2.47. The molecule has 0 aliphatic carbocycles. The van der Waals surface area contributed by atoms with Crippen LogP contribution in [0.3, 0.4) is 0 Å². The number of hydrogen-bond donors (Lipinski definition) is 0. The number of ketones is 1. The minimum absolute atomic E-state index is 0.0261. The summed E-state index contributed by atoms with van der Waals surface area (Å²) in [4.78, 5) is 12.0. The van der Waals surface area contributed by atoms with Gasteiger partial charge in [0.2, 0.25) is 5.78 Å². The smallest absolute Gasteiger partial charge is 0.261 e. The van der Waals surface area contributed by atoms with Crippen LogP contribution in [-0.2, 0) is 20.6 Å². The molecule has 3 nitrogen and oxygen atoms in total. The molecule has 0 aliphatic heterocycles. The summed E-state index contributed by atoms with van der Waals surface area (Å²) >= 11 is 0. The first-order valence-corrected chi connectivity index (χ1v) is 14.2. The molecule has 3 aromatic rings. The molecule has 0 bridgehead atoms. The second-order valence-corrected chi connectivity index (χ2v) is 14.0. The van der Waals surface area contributed by atoms with E-state index in [1.165, 1.54) is 10.4 Å². The summed E-state index contributed by atoms with van der Waals surface area (Å²) in [5.74, 6) is 5.53. The van der Waals surface area contributed by atoms with Crippen LogP contribution in [0.2, 0.25) is 5.04 Å². The van der Waals surface area contributed by atoms with Crippen molar-refractivity contribution in [3.63, 3.8) is 0 Å². The number of rotatable bonds is 11. The van der Waals surface area contributed by atoms with Gasteiger partial charge in [0, 0.05) is 13.0 Å².